The van der Waals surface area contributed by atoms with Crippen LogP contribution in [-0.2, 0) is 16.0 Å². The predicted octanol–water partition coefficient (Wildman–Crippen LogP) is 4.70. The molecule has 0 radical (unpaired) electrons. The summed E-state index contributed by atoms with van der Waals surface area (Å²) in [6, 6.07) is 18.3. The molecule has 0 aliphatic rings. The lowest BCUT2D eigenvalue weighted by molar-refractivity contribution is -0.192. The van der Waals surface area contributed by atoms with Crippen LogP contribution in [0, 0.1) is 0 Å². The maximum atomic E-state index is 12.2. The minimum absolute atomic E-state index is 0.106. The number of aliphatic carboxylic acids is 1. The molecule has 0 saturated heterocycles. The molecule has 1 aromatic heterocycles. The highest BCUT2D eigenvalue weighted by atomic mass is 19.4. The summed E-state index contributed by atoms with van der Waals surface area (Å²) in [6.07, 6.45) is -1.51. The first-order valence-electron chi connectivity index (χ1n) is 9.09. The third-order valence-corrected chi connectivity index (χ3v) is 3.79. The first kappa shape index (κ1) is 24.2. The molecule has 3 aromatic rings. The van der Waals surface area contributed by atoms with Crippen LogP contribution in [0.5, 0.6) is 17.2 Å². The maximum absolute atomic E-state index is 12.2. The summed E-state index contributed by atoms with van der Waals surface area (Å²) in [4.78, 5) is 25.1. The van der Waals surface area contributed by atoms with Crippen molar-refractivity contribution >= 4 is 17.6 Å². The van der Waals surface area contributed by atoms with Gasteiger partial charge >= 0.3 is 12.1 Å². The van der Waals surface area contributed by atoms with Crippen molar-refractivity contribution in [1.82, 2.24) is 4.98 Å². The maximum Gasteiger partial charge on any atom is 0.490 e. The second-order valence-corrected chi connectivity index (χ2v) is 6.15. The zero-order chi connectivity index (χ0) is 23.6. The standard InChI is InChI=1S/C20H18N2O3.C2HF3O2/c1-24-19-7-3-2-5-15(19)13-20(23)22-16-8-10-17(11-9-16)25-18-6-4-12-21-14-18;3-2(4,5)1(6)7/h2-12,14H,13H2,1H3,(H,22,23);(H,6,7). The number of pyridine rings is 1. The average molecular weight is 448 g/mol. The van der Waals surface area contributed by atoms with Crippen molar-refractivity contribution in [2.75, 3.05) is 12.4 Å². The number of hydrogen-bond acceptors (Lipinski definition) is 5. The Hall–Kier alpha value is -4.08. The Morgan fingerprint density at radius 2 is 1.66 bits per heavy atom. The number of carboxylic acids is 1. The zero-order valence-electron chi connectivity index (χ0n) is 16.8. The number of hydrogen-bond donors (Lipinski definition) is 2. The van der Waals surface area contributed by atoms with Gasteiger partial charge in [-0.3, -0.25) is 9.78 Å². The van der Waals surface area contributed by atoms with Gasteiger partial charge in [0.05, 0.1) is 19.7 Å². The number of amides is 1. The third kappa shape index (κ3) is 7.98. The summed E-state index contributed by atoms with van der Waals surface area (Å²) in [5.74, 6) is -0.818. The fourth-order valence-electron chi connectivity index (χ4n) is 2.38. The summed E-state index contributed by atoms with van der Waals surface area (Å²) < 4.78 is 42.7. The van der Waals surface area contributed by atoms with Gasteiger partial charge in [0.25, 0.3) is 0 Å². The molecule has 10 heteroatoms. The van der Waals surface area contributed by atoms with E-state index < -0.39 is 12.1 Å². The Kier molecular flexibility index (Phi) is 8.58. The number of alkyl halides is 3. The normalized spacial score (nSPS) is 10.4. The number of nitrogens with zero attached hydrogens (tertiary/aromatic N) is 1. The minimum Gasteiger partial charge on any atom is -0.496 e. The molecule has 7 nitrogen and oxygen atoms in total. The lowest BCUT2D eigenvalue weighted by atomic mass is 10.1. The molecular formula is C22H19F3N2O5. The molecule has 1 heterocycles. The molecule has 2 aromatic carbocycles. The van der Waals surface area contributed by atoms with Crippen molar-refractivity contribution in [3.05, 3.63) is 78.6 Å². The van der Waals surface area contributed by atoms with Crippen molar-refractivity contribution in [1.29, 1.82) is 0 Å². The second-order valence-electron chi connectivity index (χ2n) is 6.15. The quantitative estimate of drug-likeness (QED) is 0.568. The van der Waals surface area contributed by atoms with E-state index in [1.807, 2.05) is 36.4 Å². The van der Waals surface area contributed by atoms with Gasteiger partial charge in [-0.15, -0.1) is 0 Å². The Balaban J connectivity index is 0.000000451. The van der Waals surface area contributed by atoms with Gasteiger partial charge in [0.15, 0.2) is 0 Å². The molecule has 0 spiro atoms. The molecule has 168 valence electrons. The van der Waals surface area contributed by atoms with Crippen molar-refractivity contribution in [2.45, 2.75) is 12.6 Å². The zero-order valence-corrected chi connectivity index (χ0v) is 16.8. The molecule has 0 aliphatic heterocycles. The van der Waals surface area contributed by atoms with Gasteiger partial charge in [-0.1, -0.05) is 18.2 Å². The van der Waals surface area contributed by atoms with E-state index in [4.69, 9.17) is 19.4 Å². The van der Waals surface area contributed by atoms with Crippen LogP contribution in [0.25, 0.3) is 0 Å². The summed E-state index contributed by atoms with van der Waals surface area (Å²) in [6.45, 7) is 0. The number of carbonyl (C=O) groups is 2. The number of ether oxygens (including phenoxy) is 2. The van der Waals surface area contributed by atoms with E-state index in [0.29, 0.717) is 22.9 Å². The number of para-hydroxylation sites is 1. The fourth-order valence-corrected chi connectivity index (χ4v) is 2.38. The van der Waals surface area contributed by atoms with Gasteiger partial charge in [-0.05, 0) is 42.5 Å². The summed E-state index contributed by atoms with van der Waals surface area (Å²) in [5, 5.41) is 10.00. The predicted molar refractivity (Wildman–Crippen MR) is 110 cm³/mol. The molecule has 0 fully saturated rings. The van der Waals surface area contributed by atoms with Gasteiger partial charge in [0.1, 0.15) is 17.2 Å². The van der Waals surface area contributed by atoms with E-state index in [2.05, 4.69) is 10.3 Å². The molecule has 0 aliphatic carbocycles. The monoisotopic (exact) mass is 448 g/mol. The fraction of sp³-hybridized carbons (Fsp3) is 0.136. The number of anilines is 1. The van der Waals surface area contributed by atoms with Gasteiger partial charge in [0.2, 0.25) is 5.91 Å². The first-order valence-corrected chi connectivity index (χ1v) is 9.09. The highest BCUT2D eigenvalue weighted by Crippen LogP contribution is 2.23. The Bertz CT molecular complexity index is 1030. The molecule has 2 N–H and O–H groups in total. The Morgan fingerprint density at radius 3 is 2.22 bits per heavy atom. The van der Waals surface area contributed by atoms with E-state index in [-0.39, 0.29) is 12.3 Å². The number of nitrogens with one attached hydrogen (secondary N) is 1. The van der Waals surface area contributed by atoms with Gasteiger partial charge < -0.3 is 19.9 Å². The van der Waals surface area contributed by atoms with Crippen LogP contribution in [0.15, 0.2) is 73.1 Å². The summed E-state index contributed by atoms with van der Waals surface area (Å²) >= 11 is 0. The number of benzene rings is 2. The second kappa shape index (κ2) is 11.3. The average Bonchev–Trinajstić information content (AvgIpc) is 2.76. The smallest absolute Gasteiger partial charge is 0.490 e. The molecular weight excluding hydrogens is 429 g/mol. The van der Waals surface area contributed by atoms with Gasteiger partial charge in [-0.2, -0.15) is 13.2 Å². The molecule has 0 unspecified atom stereocenters. The van der Waals surface area contributed by atoms with Gasteiger partial charge in [-0.25, -0.2) is 4.79 Å². The summed E-state index contributed by atoms with van der Waals surface area (Å²) in [5.41, 5.74) is 1.55. The topological polar surface area (TPSA) is 97.8 Å². The SMILES string of the molecule is COc1ccccc1CC(=O)Nc1ccc(Oc2cccnc2)cc1.O=C(O)C(F)(F)F. The highest BCUT2D eigenvalue weighted by molar-refractivity contribution is 5.92. The van der Waals surface area contributed by atoms with E-state index in [1.165, 1.54) is 0 Å². The van der Waals surface area contributed by atoms with E-state index in [1.54, 1.807) is 43.8 Å². The summed E-state index contributed by atoms with van der Waals surface area (Å²) in [7, 11) is 1.59. The number of carbonyl (C=O) groups excluding carboxylic acids is 1. The Morgan fingerprint density at radius 1 is 1.00 bits per heavy atom. The van der Waals surface area contributed by atoms with Crippen LogP contribution in [0.1, 0.15) is 5.56 Å². The number of aromatic nitrogens is 1. The van der Waals surface area contributed by atoms with Crippen LogP contribution in [0.2, 0.25) is 0 Å². The number of halogens is 3. The number of carboxylic acid groups (broad SMARTS) is 1. The van der Waals surface area contributed by atoms with Crippen LogP contribution in [-0.4, -0.2) is 35.3 Å². The first-order chi connectivity index (χ1) is 15.2. The molecule has 0 saturated carbocycles. The number of methoxy groups -OCH3 is 1. The highest BCUT2D eigenvalue weighted by Gasteiger charge is 2.38. The third-order valence-electron chi connectivity index (χ3n) is 3.79. The van der Waals surface area contributed by atoms with Crippen molar-refractivity contribution < 1.29 is 37.3 Å². The van der Waals surface area contributed by atoms with Crippen molar-refractivity contribution in [3.8, 4) is 17.2 Å². The van der Waals surface area contributed by atoms with E-state index in [0.717, 1.165) is 5.56 Å². The Labute approximate surface area is 181 Å². The van der Waals surface area contributed by atoms with E-state index in [9.17, 15) is 18.0 Å². The minimum atomic E-state index is -5.08. The van der Waals surface area contributed by atoms with Crippen LogP contribution >= 0.6 is 0 Å². The van der Waals surface area contributed by atoms with Crippen LogP contribution in [0.4, 0.5) is 18.9 Å². The van der Waals surface area contributed by atoms with Crippen LogP contribution in [0.3, 0.4) is 0 Å². The number of rotatable bonds is 6. The lowest BCUT2D eigenvalue weighted by Crippen LogP contribution is -2.21. The van der Waals surface area contributed by atoms with Gasteiger partial charge in [0, 0.05) is 17.4 Å². The van der Waals surface area contributed by atoms with Crippen molar-refractivity contribution in [3.63, 3.8) is 0 Å². The lowest BCUT2D eigenvalue weighted by Gasteiger charge is -2.10. The molecule has 0 atom stereocenters. The molecule has 1 amide bonds. The molecule has 3 rings (SSSR count). The van der Waals surface area contributed by atoms with Crippen LogP contribution < -0.4 is 14.8 Å². The molecule has 32 heavy (non-hydrogen) atoms. The van der Waals surface area contributed by atoms with E-state index >= 15 is 0 Å². The molecule has 0 bridgehead atoms. The van der Waals surface area contributed by atoms with Crippen molar-refractivity contribution in [2.24, 2.45) is 0 Å². The largest absolute Gasteiger partial charge is 0.496 e.